The van der Waals surface area contributed by atoms with E-state index in [1.54, 1.807) is 35.3 Å². The Bertz CT molecular complexity index is 566. The Kier molecular flexibility index (Phi) is 2.91. The summed E-state index contributed by atoms with van der Waals surface area (Å²) >= 11 is 0. The summed E-state index contributed by atoms with van der Waals surface area (Å²) in [5.41, 5.74) is 2.21. The lowest BCUT2D eigenvalue weighted by molar-refractivity contribution is 0.101. The van der Waals surface area contributed by atoms with Gasteiger partial charge < -0.3 is 4.57 Å². The number of rotatable bonds is 3. The first kappa shape index (κ1) is 11.3. The van der Waals surface area contributed by atoms with Gasteiger partial charge in [-0.3, -0.25) is 4.79 Å². The van der Waals surface area contributed by atoms with Crippen LogP contribution in [0.2, 0.25) is 0 Å². The summed E-state index contributed by atoms with van der Waals surface area (Å²) in [5, 5.41) is 0. The van der Waals surface area contributed by atoms with Gasteiger partial charge >= 0.3 is 0 Å². The van der Waals surface area contributed by atoms with Gasteiger partial charge in [0.2, 0.25) is 0 Å². The van der Waals surface area contributed by atoms with Crippen molar-refractivity contribution in [1.82, 2.24) is 4.57 Å². The maximum Gasteiger partial charge on any atom is 0.161 e. The molecule has 0 aliphatic heterocycles. The van der Waals surface area contributed by atoms with Gasteiger partial charge in [-0.05, 0) is 24.6 Å². The van der Waals surface area contributed by atoms with E-state index < -0.39 is 0 Å². The molecule has 0 saturated carbocycles. The Morgan fingerprint density at radius 3 is 2.47 bits per heavy atom. The van der Waals surface area contributed by atoms with E-state index in [0.29, 0.717) is 5.56 Å². The number of ketones is 1. The molecule has 0 saturated heterocycles. The number of aromatic nitrogens is 1. The van der Waals surface area contributed by atoms with Crippen LogP contribution in [0.4, 0.5) is 4.39 Å². The van der Waals surface area contributed by atoms with Crippen molar-refractivity contribution >= 4 is 12.0 Å². The van der Waals surface area contributed by atoms with Gasteiger partial charge in [-0.1, -0.05) is 18.7 Å². The Morgan fingerprint density at radius 1 is 1.29 bits per heavy atom. The Morgan fingerprint density at radius 2 is 1.94 bits per heavy atom. The standard InChI is InChI=1S/C14H12FNO/c1-3-16-8-13(10(2)17)14(9-16)11-4-6-12(15)7-5-11/h3-9H,1H2,2H3. The zero-order valence-corrected chi connectivity index (χ0v) is 9.48. The summed E-state index contributed by atoms with van der Waals surface area (Å²) in [7, 11) is 0. The molecule has 1 aromatic carbocycles. The molecule has 0 spiro atoms. The van der Waals surface area contributed by atoms with Crippen LogP contribution in [0.5, 0.6) is 0 Å². The largest absolute Gasteiger partial charge is 0.330 e. The normalized spacial score (nSPS) is 10.2. The second kappa shape index (κ2) is 4.37. The SMILES string of the molecule is C=Cn1cc(C(C)=O)c(-c2ccc(F)cc2)c1. The second-order valence-electron chi connectivity index (χ2n) is 3.78. The third kappa shape index (κ3) is 2.18. The van der Waals surface area contributed by atoms with Crippen LogP contribution in [0.1, 0.15) is 17.3 Å². The predicted octanol–water partition coefficient (Wildman–Crippen LogP) is 3.60. The van der Waals surface area contributed by atoms with Crippen molar-refractivity contribution in [1.29, 1.82) is 0 Å². The number of Topliss-reactive ketones (excluding diaryl/α,β-unsaturated/α-hetero) is 1. The van der Waals surface area contributed by atoms with Gasteiger partial charge in [0.25, 0.3) is 0 Å². The lowest BCUT2D eigenvalue weighted by Crippen LogP contribution is -1.91. The summed E-state index contributed by atoms with van der Waals surface area (Å²) < 4.78 is 14.6. The number of nitrogens with zero attached hydrogens (tertiary/aromatic N) is 1. The van der Waals surface area contributed by atoms with Crippen LogP contribution >= 0.6 is 0 Å². The van der Waals surface area contributed by atoms with Gasteiger partial charge in [0.15, 0.2) is 5.78 Å². The van der Waals surface area contributed by atoms with Crippen molar-refractivity contribution in [3.63, 3.8) is 0 Å². The summed E-state index contributed by atoms with van der Waals surface area (Å²) in [5.74, 6) is -0.314. The molecular weight excluding hydrogens is 217 g/mol. The van der Waals surface area contributed by atoms with Gasteiger partial charge in [-0.2, -0.15) is 0 Å². The lowest BCUT2D eigenvalue weighted by atomic mass is 10.0. The first-order chi connectivity index (χ1) is 8.11. The molecule has 0 bridgehead atoms. The summed E-state index contributed by atoms with van der Waals surface area (Å²) in [6, 6.07) is 6.07. The van der Waals surface area contributed by atoms with Crippen LogP contribution in [0.15, 0.2) is 43.2 Å². The second-order valence-corrected chi connectivity index (χ2v) is 3.78. The van der Waals surface area contributed by atoms with E-state index in [0.717, 1.165) is 11.1 Å². The topological polar surface area (TPSA) is 22.0 Å². The van der Waals surface area contributed by atoms with Gasteiger partial charge in [0.1, 0.15) is 5.82 Å². The van der Waals surface area contributed by atoms with Crippen LogP contribution in [-0.2, 0) is 0 Å². The van der Waals surface area contributed by atoms with E-state index in [-0.39, 0.29) is 11.6 Å². The third-order valence-electron chi connectivity index (χ3n) is 2.59. The average molecular weight is 229 g/mol. The number of halogens is 1. The molecule has 1 heterocycles. The summed E-state index contributed by atoms with van der Waals surface area (Å²) in [6.07, 6.45) is 5.13. The van der Waals surface area contributed by atoms with Crippen molar-refractivity contribution < 1.29 is 9.18 Å². The van der Waals surface area contributed by atoms with E-state index in [1.165, 1.54) is 19.1 Å². The fourth-order valence-corrected chi connectivity index (χ4v) is 1.72. The zero-order chi connectivity index (χ0) is 12.4. The maximum absolute atomic E-state index is 12.8. The minimum atomic E-state index is -0.290. The molecule has 86 valence electrons. The van der Waals surface area contributed by atoms with Crippen LogP contribution in [0, 0.1) is 5.82 Å². The van der Waals surface area contributed by atoms with Crippen LogP contribution in [-0.4, -0.2) is 10.4 Å². The molecule has 2 nitrogen and oxygen atoms in total. The van der Waals surface area contributed by atoms with Gasteiger partial charge in [0.05, 0.1) is 0 Å². The van der Waals surface area contributed by atoms with Crippen molar-refractivity contribution in [3.8, 4) is 11.1 Å². The molecule has 17 heavy (non-hydrogen) atoms. The van der Waals surface area contributed by atoms with Crippen LogP contribution < -0.4 is 0 Å². The van der Waals surface area contributed by atoms with E-state index >= 15 is 0 Å². The first-order valence-electron chi connectivity index (χ1n) is 5.22. The molecule has 0 N–H and O–H groups in total. The number of carbonyl (C=O) groups is 1. The van der Waals surface area contributed by atoms with Gasteiger partial charge in [0, 0.05) is 29.7 Å². The number of carbonyl (C=O) groups excluding carboxylic acids is 1. The Hall–Kier alpha value is -2.16. The highest BCUT2D eigenvalue weighted by molar-refractivity contribution is 6.00. The molecule has 1 aromatic heterocycles. The molecule has 3 heteroatoms. The fourth-order valence-electron chi connectivity index (χ4n) is 1.72. The Labute approximate surface area is 99.0 Å². The van der Waals surface area contributed by atoms with Crippen molar-refractivity contribution in [3.05, 3.63) is 54.6 Å². The molecule has 0 atom stereocenters. The first-order valence-corrected chi connectivity index (χ1v) is 5.22. The van der Waals surface area contributed by atoms with E-state index in [9.17, 15) is 9.18 Å². The summed E-state index contributed by atoms with van der Waals surface area (Å²) in [6.45, 7) is 5.15. The minimum absolute atomic E-state index is 0.0232. The van der Waals surface area contributed by atoms with Gasteiger partial charge in [-0.15, -0.1) is 0 Å². The molecule has 2 aromatic rings. The minimum Gasteiger partial charge on any atom is -0.330 e. The van der Waals surface area contributed by atoms with Crippen molar-refractivity contribution in [2.45, 2.75) is 6.92 Å². The highest BCUT2D eigenvalue weighted by Gasteiger charge is 2.11. The van der Waals surface area contributed by atoms with E-state index in [1.807, 2.05) is 0 Å². The summed E-state index contributed by atoms with van der Waals surface area (Å²) in [4.78, 5) is 11.5. The molecule has 0 fully saturated rings. The molecule has 0 unspecified atom stereocenters. The molecule has 0 radical (unpaired) electrons. The predicted molar refractivity (Wildman–Crippen MR) is 66.2 cm³/mol. The fraction of sp³-hybridized carbons (Fsp3) is 0.0714. The smallest absolute Gasteiger partial charge is 0.161 e. The molecular formula is C14H12FNO. The highest BCUT2D eigenvalue weighted by atomic mass is 19.1. The van der Waals surface area contributed by atoms with Crippen LogP contribution in [0.25, 0.3) is 17.3 Å². The number of hydrogen-bond acceptors (Lipinski definition) is 1. The van der Waals surface area contributed by atoms with Crippen molar-refractivity contribution in [2.24, 2.45) is 0 Å². The third-order valence-corrected chi connectivity index (χ3v) is 2.59. The Balaban J connectivity index is 2.57. The highest BCUT2D eigenvalue weighted by Crippen LogP contribution is 2.25. The average Bonchev–Trinajstić information content (AvgIpc) is 2.74. The molecule has 0 aliphatic carbocycles. The van der Waals surface area contributed by atoms with E-state index in [2.05, 4.69) is 6.58 Å². The lowest BCUT2D eigenvalue weighted by Gasteiger charge is -2.00. The molecule has 0 amide bonds. The van der Waals surface area contributed by atoms with Crippen molar-refractivity contribution in [2.75, 3.05) is 0 Å². The monoisotopic (exact) mass is 229 g/mol. The quantitative estimate of drug-likeness (QED) is 0.737. The number of benzene rings is 1. The van der Waals surface area contributed by atoms with Crippen LogP contribution in [0.3, 0.4) is 0 Å². The maximum atomic E-state index is 12.8. The zero-order valence-electron chi connectivity index (χ0n) is 9.48. The van der Waals surface area contributed by atoms with E-state index in [4.69, 9.17) is 0 Å². The number of hydrogen-bond donors (Lipinski definition) is 0. The molecule has 2 rings (SSSR count). The molecule has 0 aliphatic rings. The van der Waals surface area contributed by atoms with Gasteiger partial charge in [-0.25, -0.2) is 4.39 Å².